The zero-order chi connectivity index (χ0) is 16.1. The smallest absolute Gasteiger partial charge is 0.319 e. The fourth-order valence-corrected chi connectivity index (χ4v) is 2.41. The third kappa shape index (κ3) is 4.04. The van der Waals surface area contributed by atoms with Gasteiger partial charge in [-0.05, 0) is 12.1 Å². The van der Waals surface area contributed by atoms with E-state index in [1.165, 1.54) is 4.90 Å². The number of amides is 3. The number of para-hydroxylation sites is 1. The minimum Gasteiger partial charge on any atom is -0.482 e. The van der Waals surface area contributed by atoms with Gasteiger partial charge in [0.25, 0.3) is 5.91 Å². The van der Waals surface area contributed by atoms with Crippen molar-refractivity contribution in [1.29, 1.82) is 0 Å². The van der Waals surface area contributed by atoms with E-state index in [0.29, 0.717) is 37.0 Å². The van der Waals surface area contributed by atoms with Crippen LogP contribution in [0.2, 0.25) is 5.02 Å². The summed E-state index contributed by atoms with van der Waals surface area (Å²) in [5.41, 5.74) is 0. The second kappa shape index (κ2) is 7.35. The summed E-state index contributed by atoms with van der Waals surface area (Å²) in [5.74, 6) is 0.399. The van der Waals surface area contributed by atoms with Crippen molar-refractivity contribution in [2.75, 3.05) is 46.9 Å². The van der Waals surface area contributed by atoms with E-state index >= 15 is 0 Å². The first-order chi connectivity index (χ1) is 10.5. The molecule has 0 aromatic heterocycles. The van der Waals surface area contributed by atoms with Crippen LogP contribution < -0.4 is 4.74 Å². The number of hydrogen-bond donors (Lipinski definition) is 0. The summed E-state index contributed by atoms with van der Waals surface area (Å²) >= 11 is 5.98. The lowest BCUT2D eigenvalue weighted by atomic mass is 10.3. The van der Waals surface area contributed by atoms with Crippen molar-refractivity contribution in [3.8, 4) is 5.75 Å². The molecule has 0 atom stereocenters. The lowest BCUT2D eigenvalue weighted by Gasteiger charge is -2.35. The topological polar surface area (TPSA) is 53.1 Å². The number of carbonyl (C=O) groups excluding carboxylic acids is 2. The molecule has 1 aromatic rings. The first-order valence-corrected chi connectivity index (χ1v) is 7.48. The van der Waals surface area contributed by atoms with Crippen molar-refractivity contribution in [3.05, 3.63) is 29.3 Å². The number of piperazine rings is 1. The molecule has 0 bridgehead atoms. The van der Waals surface area contributed by atoms with E-state index in [1.54, 1.807) is 48.2 Å². The highest BCUT2D eigenvalue weighted by Gasteiger charge is 2.25. The molecule has 1 aliphatic rings. The van der Waals surface area contributed by atoms with E-state index in [9.17, 15) is 9.59 Å². The molecule has 2 rings (SSSR count). The van der Waals surface area contributed by atoms with Crippen LogP contribution >= 0.6 is 11.6 Å². The molecule has 3 amide bonds. The number of halogens is 1. The number of ether oxygens (including phenoxy) is 1. The maximum Gasteiger partial charge on any atom is 0.319 e. The Morgan fingerprint density at radius 3 is 2.32 bits per heavy atom. The van der Waals surface area contributed by atoms with Crippen LogP contribution in [0.25, 0.3) is 0 Å². The highest BCUT2D eigenvalue weighted by atomic mass is 35.5. The second-order valence-corrected chi connectivity index (χ2v) is 5.67. The predicted octanol–water partition coefficient (Wildman–Crippen LogP) is 1.54. The van der Waals surface area contributed by atoms with Gasteiger partial charge in [-0.3, -0.25) is 4.79 Å². The van der Waals surface area contributed by atoms with Crippen LogP contribution in [0.5, 0.6) is 5.75 Å². The summed E-state index contributed by atoms with van der Waals surface area (Å²) in [6.45, 7) is 2.06. The Kier molecular flexibility index (Phi) is 5.49. The lowest BCUT2D eigenvalue weighted by Crippen LogP contribution is -2.53. The summed E-state index contributed by atoms with van der Waals surface area (Å²) in [6, 6.07) is 7.02. The maximum atomic E-state index is 12.1. The minimum absolute atomic E-state index is 0.0283. The molecule has 1 saturated heterocycles. The van der Waals surface area contributed by atoms with Crippen molar-refractivity contribution < 1.29 is 14.3 Å². The van der Waals surface area contributed by atoms with Gasteiger partial charge in [-0.2, -0.15) is 0 Å². The van der Waals surface area contributed by atoms with Crippen LogP contribution in [0, 0.1) is 0 Å². The molecule has 1 aromatic carbocycles. The van der Waals surface area contributed by atoms with E-state index in [2.05, 4.69) is 0 Å². The van der Waals surface area contributed by atoms with Gasteiger partial charge in [0, 0.05) is 40.3 Å². The minimum atomic E-state index is -0.100. The van der Waals surface area contributed by atoms with Crippen molar-refractivity contribution in [2.24, 2.45) is 0 Å². The Bertz CT molecular complexity index is 543. The molecule has 0 unspecified atom stereocenters. The molecule has 1 fully saturated rings. The molecular weight excluding hydrogens is 306 g/mol. The molecule has 0 radical (unpaired) electrons. The Labute approximate surface area is 135 Å². The van der Waals surface area contributed by atoms with Crippen LogP contribution in [-0.2, 0) is 4.79 Å². The van der Waals surface area contributed by atoms with E-state index in [4.69, 9.17) is 16.3 Å². The number of nitrogens with zero attached hydrogens (tertiary/aromatic N) is 3. The molecular formula is C15H20ClN3O3. The van der Waals surface area contributed by atoms with E-state index in [-0.39, 0.29) is 18.5 Å². The van der Waals surface area contributed by atoms with Gasteiger partial charge in [0.15, 0.2) is 6.61 Å². The summed E-state index contributed by atoms with van der Waals surface area (Å²) in [7, 11) is 3.44. The van der Waals surface area contributed by atoms with Crippen molar-refractivity contribution in [1.82, 2.24) is 14.7 Å². The van der Waals surface area contributed by atoms with Crippen molar-refractivity contribution in [2.45, 2.75) is 0 Å². The average molecular weight is 326 g/mol. The van der Waals surface area contributed by atoms with E-state index < -0.39 is 0 Å². The first kappa shape index (κ1) is 16.4. The summed E-state index contributed by atoms with van der Waals surface area (Å²) in [6.07, 6.45) is 0. The maximum absolute atomic E-state index is 12.1. The van der Waals surface area contributed by atoms with Crippen LogP contribution in [0.1, 0.15) is 0 Å². The molecule has 22 heavy (non-hydrogen) atoms. The van der Waals surface area contributed by atoms with Crippen LogP contribution in [0.4, 0.5) is 4.79 Å². The first-order valence-electron chi connectivity index (χ1n) is 7.10. The Hall–Kier alpha value is -1.95. The molecule has 0 saturated carbocycles. The molecule has 120 valence electrons. The number of rotatable bonds is 3. The molecule has 7 heteroatoms. The number of carbonyl (C=O) groups is 2. The highest BCUT2D eigenvalue weighted by molar-refractivity contribution is 6.32. The molecule has 6 nitrogen and oxygen atoms in total. The third-order valence-electron chi connectivity index (χ3n) is 3.47. The Balaban J connectivity index is 1.80. The fourth-order valence-electron chi connectivity index (χ4n) is 2.22. The van der Waals surface area contributed by atoms with Gasteiger partial charge in [0.05, 0.1) is 5.02 Å². The van der Waals surface area contributed by atoms with Gasteiger partial charge in [-0.25, -0.2) is 4.79 Å². The molecule has 0 spiro atoms. The second-order valence-electron chi connectivity index (χ2n) is 5.26. The molecule has 0 aliphatic carbocycles. The van der Waals surface area contributed by atoms with Gasteiger partial charge in [-0.1, -0.05) is 23.7 Å². The lowest BCUT2D eigenvalue weighted by molar-refractivity contribution is -0.134. The SMILES string of the molecule is CN(C)C(=O)N1CCN(C(=O)COc2ccccc2Cl)CC1. The highest BCUT2D eigenvalue weighted by Crippen LogP contribution is 2.23. The third-order valence-corrected chi connectivity index (χ3v) is 3.79. The van der Waals surface area contributed by atoms with Crippen LogP contribution in [-0.4, -0.2) is 73.5 Å². The molecule has 1 heterocycles. The fraction of sp³-hybridized carbons (Fsp3) is 0.467. The van der Waals surface area contributed by atoms with Crippen LogP contribution in [0.3, 0.4) is 0 Å². The quantitative estimate of drug-likeness (QED) is 0.847. The van der Waals surface area contributed by atoms with Crippen molar-refractivity contribution in [3.63, 3.8) is 0 Å². The Morgan fingerprint density at radius 2 is 1.73 bits per heavy atom. The van der Waals surface area contributed by atoms with E-state index in [0.717, 1.165) is 0 Å². The standard InChI is InChI=1S/C15H20ClN3O3/c1-17(2)15(21)19-9-7-18(8-10-19)14(20)11-22-13-6-4-3-5-12(13)16/h3-6H,7-11H2,1-2H3. The summed E-state index contributed by atoms with van der Waals surface area (Å²) < 4.78 is 5.45. The van der Waals surface area contributed by atoms with E-state index in [1.807, 2.05) is 0 Å². The summed E-state index contributed by atoms with van der Waals surface area (Å²) in [4.78, 5) is 28.9. The van der Waals surface area contributed by atoms with Crippen molar-refractivity contribution >= 4 is 23.5 Å². The Morgan fingerprint density at radius 1 is 1.14 bits per heavy atom. The molecule has 0 N–H and O–H groups in total. The number of benzene rings is 1. The zero-order valence-electron chi connectivity index (χ0n) is 12.8. The average Bonchev–Trinajstić information content (AvgIpc) is 2.53. The van der Waals surface area contributed by atoms with Gasteiger partial charge in [0.1, 0.15) is 5.75 Å². The van der Waals surface area contributed by atoms with Gasteiger partial charge < -0.3 is 19.4 Å². The number of hydrogen-bond acceptors (Lipinski definition) is 3. The van der Waals surface area contributed by atoms with Crippen LogP contribution in [0.15, 0.2) is 24.3 Å². The number of urea groups is 1. The summed E-state index contributed by atoms with van der Waals surface area (Å²) in [5, 5.41) is 0.483. The monoisotopic (exact) mass is 325 g/mol. The predicted molar refractivity (Wildman–Crippen MR) is 84.2 cm³/mol. The van der Waals surface area contributed by atoms with Gasteiger partial charge in [-0.15, -0.1) is 0 Å². The molecule has 1 aliphatic heterocycles. The van der Waals surface area contributed by atoms with Gasteiger partial charge >= 0.3 is 6.03 Å². The van der Waals surface area contributed by atoms with Gasteiger partial charge in [0.2, 0.25) is 0 Å². The largest absolute Gasteiger partial charge is 0.482 e. The normalized spacial score (nSPS) is 14.7. The zero-order valence-corrected chi connectivity index (χ0v) is 13.5.